The van der Waals surface area contributed by atoms with E-state index in [2.05, 4.69) is 10.4 Å². The summed E-state index contributed by atoms with van der Waals surface area (Å²) in [5.41, 5.74) is -2.56. The molecule has 0 aliphatic rings. The van der Waals surface area contributed by atoms with Crippen molar-refractivity contribution in [2.75, 3.05) is 6.54 Å². The molecule has 1 aromatic rings. The molecule has 0 aliphatic heterocycles. The quantitative estimate of drug-likeness (QED) is 0.745. The highest BCUT2D eigenvalue weighted by Crippen LogP contribution is 2.30. The summed E-state index contributed by atoms with van der Waals surface area (Å²) in [7, 11) is 1.70. The molecule has 21 heavy (non-hydrogen) atoms. The Labute approximate surface area is 118 Å². The first-order valence-electron chi connectivity index (χ1n) is 5.90. The zero-order valence-electron chi connectivity index (χ0n) is 11.4. The van der Waals surface area contributed by atoms with Gasteiger partial charge in [-0.1, -0.05) is 0 Å². The molecule has 118 valence electrons. The Morgan fingerprint density at radius 2 is 2.05 bits per heavy atom. The third-order valence-electron chi connectivity index (χ3n) is 2.82. The number of carbonyl (C=O) groups excluding carboxylic acids is 1. The largest absolute Gasteiger partial charge is 0.479 e. The van der Waals surface area contributed by atoms with E-state index < -0.39 is 23.7 Å². The number of nitrogens with one attached hydrogen (secondary N) is 2. The SMILES string of the molecule is Cn1cc(CCNC(=O)NC(C)(C(=O)O)C(F)(F)F)cn1. The number of aryl methyl sites for hydroxylation is 1. The molecule has 0 aromatic carbocycles. The second kappa shape index (κ2) is 6.02. The van der Waals surface area contributed by atoms with Crippen molar-refractivity contribution in [1.29, 1.82) is 0 Å². The number of halogens is 3. The number of hydrogen-bond acceptors (Lipinski definition) is 3. The van der Waals surface area contributed by atoms with Gasteiger partial charge in [-0.05, 0) is 18.9 Å². The Hall–Kier alpha value is -2.26. The Morgan fingerprint density at radius 3 is 2.48 bits per heavy atom. The Bertz CT molecular complexity index is 529. The molecule has 0 saturated carbocycles. The smallest absolute Gasteiger partial charge is 0.422 e. The Kier molecular flexibility index (Phi) is 4.81. The summed E-state index contributed by atoms with van der Waals surface area (Å²) in [6.45, 7) is 0.432. The van der Waals surface area contributed by atoms with Gasteiger partial charge in [0.1, 0.15) is 0 Å². The van der Waals surface area contributed by atoms with E-state index in [1.54, 1.807) is 24.1 Å². The second-order valence-corrected chi connectivity index (χ2v) is 4.58. The Balaban J connectivity index is 2.54. The molecular formula is C11H15F3N4O3. The molecule has 1 rings (SSSR count). The number of nitrogens with zero attached hydrogens (tertiary/aromatic N) is 2. The van der Waals surface area contributed by atoms with E-state index in [1.807, 2.05) is 0 Å². The predicted octanol–water partition coefficient (Wildman–Crippen LogP) is 0.667. The maximum atomic E-state index is 12.7. The summed E-state index contributed by atoms with van der Waals surface area (Å²) < 4.78 is 39.6. The molecule has 3 N–H and O–H groups in total. The van der Waals surface area contributed by atoms with Crippen molar-refractivity contribution in [1.82, 2.24) is 20.4 Å². The van der Waals surface area contributed by atoms with Crippen LogP contribution in [0.4, 0.5) is 18.0 Å². The van der Waals surface area contributed by atoms with Crippen LogP contribution in [0.2, 0.25) is 0 Å². The third kappa shape index (κ3) is 4.10. The van der Waals surface area contributed by atoms with Crippen LogP contribution < -0.4 is 10.6 Å². The van der Waals surface area contributed by atoms with Crippen LogP contribution in [0.3, 0.4) is 0 Å². The van der Waals surface area contributed by atoms with Crippen molar-refractivity contribution in [2.24, 2.45) is 7.05 Å². The molecule has 7 nitrogen and oxygen atoms in total. The molecule has 1 atom stereocenters. The van der Waals surface area contributed by atoms with Crippen LogP contribution in [0.1, 0.15) is 12.5 Å². The highest BCUT2D eigenvalue weighted by Gasteiger charge is 2.58. The van der Waals surface area contributed by atoms with Crippen LogP contribution in [0.5, 0.6) is 0 Å². The first kappa shape index (κ1) is 16.8. The Morgan fingerprint density at radius 1 is 1.43 bits per heavy atom. The molecule has 10 heteroatoms. The van der Waals surface area contributed by atoms with Crippen LogP contribution >= 0.6 is 0 Å². The molecule has 0 aliphatic carbocycles. The number of hydrogen-bond donors (Lipinski definition) is 3. The zero-order chi connectivity index (χ0) is 16.3. The van der Waals surface area contributed by atoms with Gasteiger partial charge in [0.25, 0.3) is 0 Å². The number of urea groups is 1. The van der Waals surface area contributed by atoms with E-state index in [9.17, 15) is 22.8 Å². The molecular weight excluding hydrogens is 293 g/mol. The standard InChI is InChI=1S/C11H15F3N4O3/c1-10(8(19)20,11(12,13)14)17-9(21)15-4-3-7-5-16-18(2)6-7/h5-6H,3-4H2,1-2H3,(H,19,20)(H2,15,17,21). The molecule has 0 fully saturated rings. The van der Waals surface area contributed by atoms with Gasteiger partial charge < -0.3 is 15.7 Å². The van der Waals surface area contributed by atoms with Crippen LogP contribution in [-0.2, 0) is 18.3 Å². The number of carboxylic acids is 1. The van der Waals surface area contributed by atoms with Gasteiger partial charge in [-0.3, -0.25) is 4.68 Å². The molecule has 0 spiro atoms. The van der Waals surface area contributed by atoms with E-state index in [0.717, 1.165) is 5.56 Å². The molecule has 2 amide bonds. The molecule has 0 saturated heterocycles. The first-order valence-corrected chi connectivity index (χ1v) is 5.90. The number of rotatable bonds is 5. The lowest BCUT2D eigenvalue weighted by Crippen LogP contribution is -2.63. The normalized spacial score (nSPS) is 14.3. The average molecular weight is 308 g/mol. The zero-order valence-corrected chi connectivity index (χ0v) is 11.4. The predicted molar refractivity (Wildman–Crippen MR) is 65.5 cm³/mol. The highest BCUT2D eigenvalue weighted by atomic mass is 19.4. The van der Waals surface area contributed by atoms with E-state index in [4.69, 9.17) is 5.11 Å². The summed E-state index contributed by atoms with van der Waals surface area (Å²) in [5, 5.41) is 16.1. The van der Waals surface area contributed by atoms with Crippen molar-refractivity contribution >= 4 is 12.0 Å². The highest BCUT2D eigenvalue weighted by molar-refractivity contribution is 5.86. The topological polar surface area (TPSA) is 96.2 Å². The summed E-state index contributed by atoms with van der Waals surface area (Å²) in [6, 6.07) is -1.21. The first-order chi connectivity index (χ1) is 9.56. The van der Waals surface area contributed by atoms with Gasteiger partial charge in [-0.2, -0.15) is 18.3 Å². The van der Waals surface area contributed by atoms with Gasteiger partial charge in [0, 0.05) is 19.8 Å². The fraction of sp³-hybridized carbons (Fsp3) is 0.545. The second-order valence-electron chi connectivity index (χ2n) is 4.58. The molecule has 0 bridgehead atoms. The fourth-order valence-corrected chi connectivity index (χ4v) is 1.44. The average Bonchev–Trinajstić information content (AvgIpc) is 2.73. The lowest BCUT2D eigenvalue weighted by molar-refractivity contribution is -0.203. The van der Waals surface area contributed by atoms with Crippen molar-refractivity contribution in [3.8, 4) is 0 Å². The summed E-state index contributed by atoms with van der Waals surface area (Å²) in [5.74, 6) is -2.18. The van der Waals surface area contributed by atoms with E-state index >= 15 is 0 Å². The maximum absolute atomic E-state index is 12.7. The van der Waals surface area contributed by atoms with Gasteiger partial charge in [0.05, 0.1) is 6.20 Å². The van der Waals surface area contributed by atoms with Crippen LogP contribution in [0, 0.1) is 0 Å². The number of alkyl halides is 3. The minimum atomic E-state index is -5.11. The van der Waals surface area contributed by atoms with Gasteiger partial charge in [-0.15, -0.1) is 0 Å². The van der Waals surface area contributed by atoms with E-state index in [-0.39, 0.29) is 6.54 Å². The lowest BCUT2D eigenvalue weighted by atomic mass is 10.0. The number of amides is 2. The molecule has 1 aromatic heterocycles. The van der Waals surface area contributed by atoms with Crippen molar-refractivity contribution in [3.05, 3.63) is 18.0 Å². The number of carboxylic acid groups (broad SMARTS) is 1. The number of aliphatic carboxylic acids is 1. The minimum Gasteiger partial charge on any atom is -0.479 e. The van der Waals surface area contributed by atoms with E-state index in [0.29, 0.717) is 13.3 Å². The number of carbonyl (C=O) groups is 2. The van der Waals surface area contributed by atoms with Crippen molar-refractivity contribution in [3.63, 3.8) is 0 Å². The lowest BCUT2D eigenvalue weighted by Gasteiger charge is -2.28. The molecule has 1 unspecified atom stereocenters. The van der Waals surface area contributed by atoms with Gasteiger partial charge in [0.15, 0.2) is 0 Å². The van der Waals surface area contributed by atoms with Crippen molar-refractivity contribution < 1.29 is 27.9 Å². The molecule has 1 heterocycles. The third-order valence-corrected chi connectivity index (χ3v) is 2.82. The fourth-order valence-electron chi connectivity index (χ4n) is 1.44. The summed E-state index contributed by atoms with van der Waals surface area (Å²) >= 11 is 0. The van der Waals surface area contributed by atoms with E-state index in [1.165, 1.54) is 5.32 Å². The van der Waals surface area contributed by atoms with Crippen LogP contribution in [0.25, 0.3) is 0 Å². The van der Waals surface area contributed by atoms with Crippen molar-refractivity contribution in [2.45, 2.75) is 25.1 Å². The molecule has 0 radical (unpaired) electrons. The number of aromatic nitrogens is 2. The van der Waals surface area contributed by atoms with Crippen LogP contribution in [0.15, 0.2) is 12.4 Å². The monoisotopic (exact) mass is 308 g/mol. The maximum Gasteiger partial charge on any atom is 0.422 e. The van der Waals surface area contributed by atoms with Crippen LogP contribution in [-0.4, -0.2) is 45.1 Å². The minimum absolute atomic E-state index is 0.0467. The van der Waals surface area contributed by atoms with Gasteiger partial charge >= 0.3 is 18.2 Å². The summed E-state index contributed by atoms with van der Waals surface area (Å²) in [6.07, 6.45) is -1.51. The van der Waals surface area contributed by atoms with Gasteiger partial charge in [-0.25, -0.2) is 9.59 Å². The summed E-state index contributed by atoms with van der Waals surface area (Å²) in [4.78, 5) is 22.1. The van der Waals surface area contributed by atoms with Gasteiger partial charge in [0.2, 0.25) is 5.54 Å².